The number of unbranched alkanes of at least 4 members (excludes halogenated alkanes) is 16. The van der Waals surface area contributed by atoms with E-state index in [1.807, 2.05) is 6.08 Å². The Hall–Kier alpha value is -1.47. The van der Waals surface area contributed by atoms with Crippen LogP contribution in [-0.2, 0) is 33.2 Å². The summed E-state index contributed by atoms with van der Waals surface area (Å²) in [6, 6.07) is -0.961. The van der Waals surface area contributed by atoms with Crippen LogP contribution in [0.15, 0.2) is 12.2 Å². The Bertz CT molecular complexity index is 1250. The summed E-state index contributed by atoms with van der Waals surface area (Å²) >= 11 is 0. The van der Waals surface area contributed by atoms with Gasteiger partial charge in [-0.3, -0.25) is 4.79 Å². The minimum atomic E-state index is -1.97. The molecule has 0 aromatic heterocycles. The zero-order chi connectivity index (χ0) is 47.0. The lowest BCUT2D eigenvalue weighted by molar-refractivity contribution is -0.379. The molecule has 17 unspecified atom stereocenters. The summed E-state index contributed by atoms with van der Waals surface area (Å²) in [5.41, 5.74) is 0. The Labute approximate surface area is 378 Å². The van der Waals surface area contributed by atoms with E-state index in [1.54, 1.807) is 6.08 Å². The van der Waals surface area contributed by atoms with E-state index in [1.165, 1.54) is 57.8 Å². The lowest BCUT2D eigenvalue weighted by Gasteiger charge is -2.48. The van der Waals surface area contributed by atoms with Gasteiger partial charge in [0.25, 0.3) is 0 Å². The second kappa shape index (κ2) is 31.6. The molecule has 3 fully saturated rings. The van der Waals surface area contributed by atoms with Crippen molar-refractivity contribution >= 4 is 5.91 Å². The van der Waals surface area contributed by atoms with Crippen molar-refractivity contribution in [3.63, 3.8) is 0 Å². The number of aliphatic hydroxyl groups excluding tert-OH is 11. The van der Waals surface area contributed by atoms with Crippen LogP contribution in [-0.4, -0.2) is 193 Å². The third kappa shape index (κ3) is 18.2. The minimum absolute atomic E-state index is 0.240. The monoisotopic (exact) mass is 926 g/mol. The largest absolute Gasteiger partial charge is 0.394 e. The lowest BCUT2D eigenvalue weighted by atomic mass is 9.96. The van der Waals surface area contributed by atoms with E-state index < -0.39 is 124 Å². The summed E-state index contributed by atoms with van der Waals surface area (Å²) in [6.07, 6.45) is -2.85. The highest BCUT2D eigenvalue weighted by Gasteiger charge is 2.53. The summed E-state index contributed by atoms with van der Waals surface area (Å²) in [4.78, 5) is 13.0. The molecule has 0 aromatic rings. The van der Waals surface area contributed by atoms with E-state index in [-0.39, 0.29) is 18.9 Å². The Balaban J connectivity index is 1.56. The third-order valence-electron chi connectivity index (χ3n) is 12.3. The molecule has 0 aromatic carbocycles. The van der Waals surface area contributed by atoms with Crippen molar-refractivity contribution in [1.29, 1.82) is 0 Å². The maximum absolute atomic E-state index is 13.0. The molecular weight excluding hydrogens is 842 g/mol. The molecule has 3 aliphatic heterocycles. The van der Waals surface area contributed by atoms with Gasteiger partial charge in [0.05, 0.1) is 38.6 Å². The minimum Gasteiger partial charge on any atom is -0.394 e. The Kier molecular flexibility index (Phi) is 28.0. The molecule has 17 atom stereocenters. The molecule has 0 radical (unpaired) electrons. The first kappa shape index (κ1) is 56.9. The quantitative estimate of drug-likeness (QED) is 0.0319. The van der Waals surface area contributed by atoms with Crippen LogP contribution in [0, 0.1) is 0 Å². The zero-order valence-electron chi connectivity index (χ0n) is 38.0. The maximum atomic E-state index is 13.0. The Morgan fingerprint density at radius 1 is 0.547 bits per heavy atom. The van der Waals surface area contributed by atoms with Crippen molar-refractivity contribution in [2.75, 3.05) is 26.4 Å². The smallest absolute Gasteiger partial charge is 0.220 e. The molecule has 0 bridgehead atoms. The highest BCUT2D eigenvalue weighted by molar-refractivity contribution is 5.76. The summed E-state index contributed by atoms with van der Waals surface area (Å²) < 4.78 is 33.9. The van der Waals surface area contributed by atoms with Crippen molar-refractivity contribution in [1.82, 2.24) is 5.32 Å². The van der Waals surface area contributed by atoms with E-state index in [0.29, 0.717) is 6.42 Å². The van der Waals surface area contributed by atoms with Gasteiger partial charge in [0.1, 0.15) is 73.2 Å². The molecule has 0 saturated carbocycles. The van der Waals surface area contributed by atoms with E-state index in [9.17, 15) is 61.0 Å². The molecule has 3 rings (SSSR count). The Morgan fingerprint density at radius 2 is 0.969 bits per heavy atom. The normalized spacial score (nSPS) is 34.5. The van der Waals surface area contributed by atoms with E-state index >= 15 is 0 Å². The average Bonchev–Trinajstić information content (AvgIpc) is 3.29. The fraction of sp³-hybridized carbons (Fsp3) is 0.933. The molecular formula is C45H83NO18. The average molecular weight is 926 g/mol. The molecule has 3 aliphatic rings. The number of hydrogen-bond acceptors (Lipinski definition) is 18. The molecule has 376 valence electrons. The first-order valence-electron chi connectivity index (χ1n) is 23.9. The van der Waals surface area contributed by atoms with Gasteiger partial charge in [0.15, 0.2) is 18.9 Å². The summed E-state index contributed by atoms with van der Waals surface area (Å²) in [5, 5.41) is 119. The highest BCUT2D eigenvalue weighted by atomic mass is 16.8. The summed E-state index contributed by atoms with van der Waals surface area (Å²) in [5.74, 6) is -0.291. The molecule has 1 amide bonds. The lowest BCUT2D eigenvalue weighted by Crippen LogP contribution is -2.66. The van der Waals surface area contributed by atoms with Gasteiger partial charge in [-0.1, -0.05) is 122 Å². The molecule has 3 heterocycles. The standard InChI is InChI=1S/C45H83NO18/c1-3-5-7-9-10-11-12-13-14-15-16-17-19-20-22-29(50)28(46-33(51)23-21-18-8-6-4-2)27-59-43-39(57)36(54)41(31(25-48)61-43)64-45-40(58)37(55)42(32(26-49)62-45)63-44-38(56)35(53)34(52)30(24-47)60-44/h20,22,28-32,34-45,47-50,52-58H,3-19,21,23-27H2,1-2H3,(H,46,51)/b22-20+. The predicted molar refractivity (Wildman–Crippen MR) is 231 cm³/mol. The second-order valence-electron chi connectivity index (χ2n) is 17.6. The fourth-order valence-electron chi connectivity index (χ4n) is 8.25. The predicted octanol–water partition coefficient (Wildman–Crippen LogP) is 0.305. The van der Waals surface area contributed by atoms with Crippen molar-refractivity contribution in [3.8, 4) is 0 Å². The number of carbonyl (C=O) groups excluding carboxylic acids is 1. The van der Waals surface area contributed by atoms with Crippen LogP contribution in [0.3, 0.4) is 0 Å². The van der Waals surface area contributed by atoms with Crippen molar-refractivity contribution in [3.05, 3.63) is 12.2 Å². The van der Waals surface area contributed by atoms with Gasteiger partial charge < -0.3 is 89.9 Å². The number of hydrogen-bond donors (Lipinski definition) is 12. The molecule has 0 aliphatic carbocycles. The topological polar surface area (TPSA) is 307 Å². The fourth-order valence-corrected chi connectivity index (χ4v) is 8.25. The van der Waals surface area contributed by atoms with Crippen molar-refractivity contribution < 1.29 is 89.4 Å². The number of ether oxygens (including phenoxy) is 6. The number of aliphatic hydroxyl groups is 11. The van der Waals surface area contributed by atoms with E-state index in [2.05, 4.69) is 19.2 Å². The van der Waals surface area contributed by atoms with Crippen LogP contribution >= 0.6 is 0 Å². The summed E-state index contributed by atoms with van der Waals surface area (Å²) in [6.45, 7) is 1.57. The van der Waals surface area contributed by atoms with Crippen LogP contribution < -0.4 is 5.32 Å². The van der Waals surface area contributed by atoms with Gasteiger partial charge in [0, 0.05) is 6.42 Å². The number of carbonyl (C=O) groups is 1. The number of rotatable bonds is 32. The van der Waals surface area contributed by atoms with Crippen LogP contribution in [0.25, 0.3) is 0 Å². The van der Waals surface area contributed by atoms with Crippen LogP contribution in [0.1, 0.15) is 136 Å². The van der Waals surface area contributed by atoms with Gasteiger partial charge in [-0.05, 0) is 19.3 Å². The van der Waals surface area contributed by atoms with Gasteiger partial charge in [-0.15, -0.1) is 0 Å². The maximum Gasteiger partial charge on any atom is 0.220 e. The molecule has 19 heteroatoms. The van der Waals surface area contributed by atoms with Gasteiger partial charge in [-0.2, -0.15) is 0 Å². The van der Waals surface area contributed by atoms with Gasteiger partial charge in [-0.25, -0.2) is 0 Å². The number of nitrogens with one attached hydrogen (secondary N) is 1. The third-order valence-corrected chi connectivity index (χ3v) is 12.3. The van der Waals surface area contributed by atoms with E-state index in [4.69, 9.17) is 28.4 Å². The molecule has 12 N–H and O–H groups in total. The Morgan fingerprint density at radius 3 is 1.47 bits per heavy atom. The highest BCUT2D eigenvalue weighted by Crippen LogP contribution is 2.33. The van der Waals surface area contributed by atoms with Gasteiger partial charge >= 0.3 is 0 Å². The first-order chi connectivity index (χ1) is 30.8. The van der Waals surface area contributed by atoms with E-state index in [0.717, 1.165) is 51.4 Å². The number of allylic oxidation sites excluding steroid dienone is 1. The molecule has 64 heavy (non-hydrogen) atoms. The van der Waals surface area contributed by atoms with Crippen LogP contribution in [0.4, 0.5) is 0 Å². The number of amides is 1. The van der Waals surface area contributed by atoms with Crippen LogP contribution in [0.5, 0.6) is 0 Å². The first-order valence-corrected chi connectivity index (χ1v) is 23.9. The molecule has 0 spiro atoms. The molecule has 19 nitrogen and oxygen atoms in total. The summed E-state index contributed by atoms with van der Waals surface area (Å²) in [7, 11) is 0. The van der Waals surface area contributed by atoms with Crippen molar-refractivity contribution in [2.45, 2.75) is 240 Å². The second-order valence-corrected chi connectivity index (χ2v) is 17.6. The SMILES string of the molecule is CCCCCCCCCCCCCC/C=C/C(O)C(COC1OC(CO)C(OC2OC(CO)C(OC3OC(CO)C(O)C(O)C3O)C(O)C2O)C(O)C1O)NC(=O)CCCCCCC. The van der Waals surface area contributed by atoms with Gasteiger partial charge in [0.2, 0.25) is 5.91 Å². The zero-order valence-corrected chi connectivity index (χ0v) is 38.0. The van der Waals surface area contributed by atoms with Crippen LogP contribution in [0.2, 0.25) is 0 Å². The van der Waals surface area contributed by atoms with Crippen molar-refractivity contribution in [2.24, 2.45) is 0 Å². The molecule has 3 saturated heterocycles.